The van der Waals surface area contributed by atoms with Crippen LogP contribution in [-0.2, 0) is 11.3 Å². The van der Waals surface area contributed by atoms with Gasteiger partial charge in [0.1, 0.15) is 0 Å². The minimum absolute atomic E-state index is 0. The van der Waals surface area contributed by atoms with E-state index in [-0.39, 0.29) is 18.3 Å². The van der Waals surface area contributed by atoms with E-state index in [1.54, 1.807) is 17.0 Å². The molecule has 1 atom stereocenters. The van der Waals surface area contributed by atoms with Crippen LogP contribution in [0.3, 0.4) is 0 Å². The Morgan fingerprint density at radius 3 is 2.39 bits per heavy atom. The molecule has 2 aromatic rings. The maximum atomic E-state index is 12.4. The molecule has 5 heteroatoms. The Bertz CT molecular complexity index is 727. The second kappa shape index (κ2) is 6.84. The third-order valence-electron chi connectivity index (χ3n) is 4.13. The van der Waals surface area contributed by atoms with Crippen LogP contribution < -0.4 is 4.90 Å². The molecular weight excluding hydrogens is 314 g/mol. The first-order valence-electron chi connectivity index (χ1n) is 7.34. The van der Waals surface area contributed by atoms with Crippen molar-refractivity contribution in [3.63, 3.8) is 0 Å². The summed E-state index contributed by atoms with van der Waals surface area (Å²) < 4.78 is 0. The van der Waals surface area contributed by atoms with Crippen LogP contribution in [-0.4, -0.2) is 17.0 Å². The van der Waals surface area contributed by atoms with Crippen LogP contribution in [0.5, 0.6) is 0 Å². The van der Waals surface area contributed by atoms with Crippen molar-refractivity contribution in [2.24, 2.45) is 0 Å². The second-order valence-corrected chi connectivity index (χ2v) is 5.44. The third kappa shape index (κ3) is 3.08. The fourth-order valence-corrected chi connectivity index (χ4v) is 2.90. The number of carbonyl (C=O) groups is 2. The zero-order chi connectivity index (χ0) is 15.7. The number of rotatable bonds is 4. The zero-order valence-electron chi connectivity index (χ0n) is 12.7. The van der Waals surface area contributed by atoms with Crippen LogP contribution in [0.4, 0.5) is 5.69 Å². The van der Waals surface area contributed by atoms with Crippen molar-refractivity contribution < 1.29 is 14.7 Å². The van der Waals surface area contributed by atoms with Gasteiger partial charge in [0.15, 0.2) is 0 Å². The second-order valence-electron chi connectivity index (χ2n) is 5.44. The smallest absolute Gasteiger partial charge is 0.310 e. The van der Waals surface area contributed by atoms with E-state index < -0.39 is 11.9 Å². The average molecular weight is 332 g/mol. The van der Waals surface area contributed by atoms with E-state index in [0.717, 1.165) is 22.4 Å². The fourth-order valence-electron chi connectivity index (χ4n) is 2.90. The lowest BCUT2D eigenvalue weighted by Gasteiger charge is -2.17. The quantitative estimate of drug-likeness (QED) is 0.925. The molecule has 23 heavy (non-hydrogen) atoms. The average Bonchev–Trinajstić information content (AvgIpc) is 2.86. The molecule has 0 aliphatic carbocycles. The lowest BCUT2D eigenvalue weighted by Crippen LogP contribution is -2.23. The van der Waals surface area contributed by atoms with E-state index in [2.05, 4.69) is 0 Å². The SMILES string of the molecule is CC[C@H](C(=O)O)c1ccc(N2Cc3ccccc3C2=O)cc1.Cl. The van der Waals surface area contributed by atoms with Gasteiger partial charge in [-0.2, -0.15) is 0 Å². The number of anilines is 1. The van der Waals surface area contributed by atoms with E-state index in [1.807, 2.05) is 43.3 Å². The summed E-state index contributed by atoms with van der Waals surface area (Å²) in [7, 11) is 0. The number of hydrogen-bond donors (Lipinski definition) is 1. The molecule has 0 saturated heterocycles. The first-order valence-corrected chi connectivity index (χ1v) is 7.34. The van der Waals surface area contributed by atoms with Gasteiger partial charge in [-0.3, -0.25) is 9.59 Å². The lowest BCUT2D eigenvalue weighted by molar-refractivity contribution is -0.138. The number of benzene rings is 2. The monoisotopic (exact) mass is 331 g/mol. The Morgan fingerprint density at radius 2 is 1.83 bits per heavy atom. The molecule has 0 saturated carbocycles. The summed E-state index contributed by atoms with van der Waals surface area (Å²) in [5.74, 6) is -1.32. The van der Waals surface area contributed by atoms with E-state index >= 15 is 0 Å². The van der Waals surface area contributed by atoms with Gasteiger partial charge >= 0.3 is 5.97 Å². The van der Waals surface area contributed by atoms with E-state index in [0.29, 0.717) is 13.0 Å². The fraction of sp³-hybridized carbons (Fsp3) is 0.222. The molecule has 0 unspecified atom stereocenters. The molecule has 0 aromatic heterocycles. The summed E-state index contributed by atoms with van der Waals surface area (Å²) in [6.45, 7) is 2.41. The Kier molecular flexibility index (Phi) is 5.06. The molecule has 1 aliphatic rings. The number of carboxylic acids is 1. The summed E-state index contributed by atoms with van der Waals surface area (Å²) in [5.41, 5.74) is 3.32. The van der Waals surface area contributed by atoms with Crippen molar-refractivity contribution in [3.05, 3.63) is 65.2 Å². The minimum atomic E-state index is -0.820. The predicted molar refractivity (Wildman–Crippen MR) is 91.3 cm³/mol. The molecule has 1 aliphatic heterocycles. The molecular formula is C18H18ClNO3. The molecule has 0 fully saturated rings. The van der Waals surface area contributed by atoms with Crippen molar-refractivity contribution >= 4 is 30.0 Å². The summed E-state index contributed by atoms with van der Waals surface area (Å²) in [6, 6.07) is 14.8. The Balaban J connectivity index is 0.00000192. The Morgan fingerprint density at radius 1 is 1.17 bits per heavy atom. The summed E-state index contributed by atoms with van der Waals surface area (Å²) in [4.78, 5) is 25.3. The minimum Gasteiger partial charge on any atom is -0.481 e. The van der Waals surface area contributed by atoms with Gasteiger partial charge in [0.25, 0.3) is 5.91 Å². The van der Waals surface area contributed by atoms with Crippen molar-refractivity contribution in [1.82, 2.24) is 0 Å². The van der Waals surface area contributed by atoms with Gasteiger partial charge in [0.05, 0.1) is 12.5 Å². The highest BCUT2D eigenvalue weighted by molar-refractivity contribution is 6.09. The highest BCUT2D eigenvalue weighted by atomic mass is 35.5. The van der Waals surface area contributed by atoms with Crippen LogP contribution in [0.1, 0.15) is 40.7 Å². The summed E-state index contributed by atoms with van der Waals surface area (Å²) in [6.07, 6.45) is 0.544. The first-order chi connectivity index (χ1) is 10.6. The highest BCUT2D eigenvalue weighted by Gasteiger charge is 2.28. The van der Waals surface area contributed by atoms with Gasteiger partial charge in [-0.15, -0.1) is 12.4 Å². The van der Waals surface area contributed by atoms with Crippen LogP contribution in [0.15, 0.2) is 48.5 Å². The number of carbonyl (C=O) groups excluding carboxylic acids is 1. The topological polar surface area (TPSA) is 57.6 Å². The van der Waals surface area contributed by atoms with Crippen LogP contribution in [0.25, 0.3) is 0 Å². The molecule has 0 radical (unpaired) electrons. The maximum absolute atomic E-state index is 12.4. The first kappa shape index (κ1) is 17.0. The van der Waals surface area contributed by atoms with Crippen LogP contribution in [0.2, 0.25) is 0 Å². The molecule has 120 valence electrons. The lowest BCUT2D eigenvalue weighted by atomic mass is 9.96. The number of nitrogens with zero attached hydrogens (tertiary/aromatic N) is 1. The van der Waals surface area contributed by atoms with E-state index in [4.69, 9.17) is 0 Å². The molecule has 4 nitrogen and oxygen atoms in total. The largest absolute Gasteiger partial charge is 0.481 e. The third-order valence-corrected chi connectivity index (χ3v) is 4.13. The number of fused-ring (bicyclic) bond motifs is 1. The molecule has 2 aromatic carbocycles. The van der Waals surface area contributed by atoms with Gasteiger partial charge < -0.3 is 10.0 Å². The molecule has 0 bridgehead atoms. The Labute approximate surface area is 141 Å². The van der Waals surface area contributed by atoms with Crippen molar-refractivity contribution in [2.75, 3.05) is 4.90 Å². The van der Waals surface area contributed by atoms with Crippen LogP contribution >= 0.6 is 12.4 Å². The molecule has 1 amide bonds. The molecule has 0 spiro atoms. The summed E-state index contributed by atoms with van der Waals surface area (Å²) in [5, 5.41) is 9.20. The van der Waals surface area contributed by atoms with E-state index in [1.165, 1.54) is 0 Å². The number of carboxylic acid groups (broad SMARTS) is 1. The number of hydrogen-bond acceptors (Lipinski definition) is 2. The highest BCUT2D eigenvalue weighted by Crippen LogP contribution is 2.29. The van der Waals surface area contributed by atoms with Gasteiger partial charge in [-0.05, 0) is 35.7 Å². The maximum Gasteiger partial charge on any atom is 0.310 e. The van der Waals surface area contributed by atoms with Crippen molar-refractivity contribution in [3.8, 4) is 0 Å². The normalized spacial score (nSPS) is 14.1. The number of amides is 1. The van der Waals surface area contributed by atoms with Crippen LogP contribution in [0, 0.1) is 0 Å². The number of aliphatic carboxylic acids is 1. The van der Waals surface area contributed by atoms with Gasteiger partial charge in [0, 0.05) is 11.3 Å². The van der Waals surface area contributed by atoms with Crippen molar-refractivity contribution in [1.29, 1.82) is 0 Å². The summed E-state index contributed by atoms with van der Waals surface area (Å²) >= 11 is 0. The molecule has 1 N–H and O–H groups in total. The van der Waals surface area contributed by atoms with Crippen molar-refractivity contribution in [2.45, 2.75) is 25.8 Å². The number of halogens is 1. The van der Waals surface area contributed by atoms with Gasteiger partial charge in [-0.1, -0.05) is 37.3 Å². The Hall–Kier alpha value is -2.33. The zero-order valence-corrected chi connectivity index (χ0v) is 13.5. The molecule has 1 heterocycles. The molecule has 3 rings (SSSR count). The van der Waals surface area contributed by atoms with Gasteiger partial charge in [0.2, 0.25) is 0 Å². The standard InChI is InChI=1S/C18H17NO3.ClH/c1-2-15(18(21)22)12-7-9-14(10-8-12)19-11-13-5-3-4-6-16(13)17(19)20;/h3-10,15H,2,11H2,1H3,(H,21,22);1H/t15-;/m0./s1. The predicted octanol–water partition coefficient (Wildman–Crippen LogP) is 3.85. The van der Waals surface area contributed by atoms with E-state index in [9.17, 15) is 14.7 Å². The van der Waals surface area contributed by atoms with Gasteiger partial charge in [-0.25, -0.2) is 0 Å².